The van der Waals surface area contributed by atoms with Crippen LogP contribution in [0.4, 0.5) is 5.69 Å². The largest absolute Gasteiger partial charge is 0.399 e. The Labute approximate surface area is 125 Å². The number of nitrogens with two attached hydrogens (primary N) is 1. The Balaban J connectivity index is 1.43. The molecule has 4 heteroatoms. The first-order valence-electron chi connectivity index (χ1n) is 7.91. The molecular weight excluding hydrogens is 260 g/mol. The Bertz CT molecular complexity index is 640. The van der Waals surface area contributed by atoms with Crippen molar-refractivity contribution in [1.29, 1.82) is 0 Å². The number of aromatic nitrogens is 2. The Morgan fingerprint density at radius 1 is 1.10 bits per heavy atom. The molecule has 0 amide bonds. The molecule has 0 bridgehead atoms. The maximum Gasteiger partial charge on any atom is 0.0765 e. The van der Waals surface area contributed by atoms with E-state index in [4.69, 9.17) is 10.8 Å². The first-order chi connectivity index (χ1) is 10.3. The van der Waals surface area contributed by atoms with Crippen molar-refractivity contribution in [3.8, 4) is 0 Å². The zero-order valence-electron chi connectivity index (χ0n) is 12.3. The first-order valence-corrected chi connectivity index (χ1v) is 7.91. The topological polar surface area (TPSA) is 47.1 Å². The summed E-state index contributed by atoms with van der Waals surface area (Å²) in [5, 5.41) is 4.79. The number of hydrogen-bond donors (Lipinski definition) is 1. The lowest BCUT2D eigenvalue weighted by atomic mass is 10.1. The molecule has 0 unspecified atom stereocenters. The van der Waals surface area contributed by atoms with E-state index in [0.29, 0.717) is 6.04 Å². The van der Waals surface area contributed by atoms with E-state index in [-0.39, 0.29) is 0 Å². The number of fused-ring (bicyclic) bond motifs is 1. The van der Waals surface area contributed by atoms with Crippen LogP contribution in [0.25, 0.3) is 0 Å². The molecule has 2 heterocycles. The van der Waals surface area contributed by atoms with Gasteiger partial charge in [0.05, 0.1) is 11.7 Å². The fourth-order valence-corrected chi connectivity index (χ4v) is 3.66. The Kier molecular flexibility index (Phi) is 3.19. The Hall–Kier alpha value is -1.81. The number of anilines is 1. The van der Waals surface area contributed by atoms with Crippen LogP contribution in [0.3, 0.4) is 0 Å². The summed E-state index contributed by atoms with van der Waals surface area (Å²) in [7, 11) is 0. The zero-order chi connectivity index (χ0) is 14.2. The molecule has 2 N–H and O–H groups in total. The second-order valence-electron chi connectivity index (χ2n) is 6.40. The molecule has 1 aromatic carbocycles. The van der Waals surface area contributed by atoms with Crippen molar-refractivity contribution in [1.82, 2.24) is 14.7 Å². The lowest BCUT2D eigenvalue weighted by molar-refractivity contribution is 0.270. The van der Waals surface area contributed by atoms with Crippen molar-refractivity contribution in [2.24, 2.45) is 0 Å². The minimum absolute atomic E-state index is 0.634. The van der Waals surface area contributed by atoms with E-state index >= 15 is 0 Å². The van der Waals surface area contributed by atoms with Crippen LogP contribution in [0, 0.1) is 0 Å². The monoisotopic (exact) mass is 282 g/mol. The summed E-state index contributed by atoms with van der Waals surface area (Å²) in [6.45, 7) is 2.91. The van der Waals surface area contributed by atoms with E-state index < -0.39 is 0 Å². The van der Waals surface area contributed by atoms with Gasteiger partial charge in [0.25, 0.3) is 0 Å². The van der Waals surface area contributed by atoms with Gasteiger partial charge in [0, 0.05) is 31.5 Å². The maximum absolute atomic E-state index is 5.87. The smallest absolute Gasteiger partial charge is 0.0765 e. The number of hydrogen-bond acceptors (Lipinski definition) is 3. The van der Waals surface area contributed by atoms with Crippen molar-refractivity contribution in [3.05, 3.63) is 47.3 Å². The van der Waals surface area contributed by atoms with Gasteiger partial charge >= 0.3 is 0 Å². The van der Waals surface area contributed by atoms with Crippen LogP contribution in [0.5, 0.6) is 0 Å². The number of nitrogen functional groups attached to an aromatic ring is 1. The molecule has 0 saturated heterocycles. The van der Waals surface area contributed by atoms with E-state index in [9.17, 15) is 0 Å². The van der Waals surface area contributed by atoms with Gasteiger partial charge < -0.3 is 5.73 Å². The van der Waals surface area contributed by atoms with Crippen LogP contribution in [0.15, 0.2) is 30.5 Å². The van der Waals surface area contributed by atoms with Crippen LogP contribution >= 0.6 is 0 Å². The van der Waals surface area contributed by atoms with Crippen molar-refractivity contribution < 1.29 is 0 Å². The molecule has 1 aliphatic heterocycles. The third-order valence-electron chi connectivity index (χ3n) is 4.77. The summed E-state index contributed by atoms with van der Waals surface area (Å²) in [6, 6.07) is 9.07. The third kappa shape index (κ3) is 2.56. The molecule has 1 aromatic heterocycles. The predicted octanol–water partition coefficient (Wildman–Crippen LogP) is 3.10. The van der Waals surface area contributed by atoms with Gasteiger partial charge in [-0.2, -0.15) is 5.10 Å². The molecule has 1 saturated carbocycles. The average Bonchev–Trinajstić information content (AvgIpc) is 3.16. The first kappa shape index (κ1) is 12.9. The van der Waals surface area contributed by atoms with Gasteiger partial charge in [-0.3, -0.25) is 9.58 Å². The predicted molar refractivity (Wildman–Crippen MR) is 83.5 cm³/mol. The second kappa shape index (κ2) is 5.19. The van der Waals surface area contributed by atoms with Crippen LogP contribution < -0.4 is 5.73 Å². The normalized spacial score (nSPS) is 19.2. The summed E-state index contributed by atoms with van der Waals surface area (Å²) in [5.74, 6) is 0. The third-order valence-corrected chi connectivity index (χ3v) is 4.77. The fraction of sp³-hybridized carbons (Fsp3) is 0.471. The fourth-order valence-electron chi connectivity index (χ4n) is 3.66. The number of benzene rings is 1. The van der Waals surface area contributed by atoms with Crippen LogP contribution in [-0.4, -0.2) is 14.7 Å². The Morgan fingerprint density at radius 2 is 1.90 bits per heavy atom. The SMILES string of the molecule is Nc1ccc2c(c1)CN(Cc1ccn(C3CCCC3)n1)C2. The summed E-state index contributed by atoms with van der Waals surface area (Å²) < 4.78 is 2.18. The lowest BCUT2D eigenvalue weighted by Crippen LogP contribution is -2.16. The van der Waals surface area contributed by atoms with Crippen LogP contribution in [-0.2, 0) is 19.6 Å². The molecule has 0 atom stereocenters. The number of nitrogens with zero attached hydrogens (tertiary/aromatic N) is 3. The molecule has 110 valence electrons. The van der Waals surface area contributed by atoms with Crippen molar-refractivity contribution in [3.63, 3.8) is 0 Å². The molecule has 1 fully saturated rings. The molecular formula is C17H22N4. The van der Waals surface area contributed by atoms with Crippen molar-refractivity contribution in [2.75, 3.05) is 5.73 Å². The highest BCUT2D eigenvalue weighted by Gasteiger charge is 2.21. The Morgan fingerprint density at radius 3 is 2.76 bits per heavy atom. The highest BCUT2D eigenvalue weighted by molar-refractivity contribution is 5.46. The molecule has 1 aliphatic carbocycles. The minimum atomic E-state index is 0.634. The zero-order valence-corrected chi connectivity index (χ0v) is 12.3. The van der Waals surface area contributed by atoms with Crippen molar-refractivity contribution >= 4 is 5.69 Å². The van der Waals surface area contributed by atoms with Gasteiger partial charge in [-0.05, 0) is 42.2 Å². The summed E-state index contributed by atoms with van der Waals surface area (Å²) in [4.78, 5) is 2.44. The molecule has 0 spiro atoms. The van der Waals surface area contributed by atoms with E-state index in [0.717, 1.165) is 25.3 Å². The van der Waals surface area contributed by atoms with Gasteiger partial charge in [0.15, 0.2) is 0 Å². The minimum Gasteiger partial charge on any atom is -0.399 e. The van der Waals surface area contributed by atoms with E-state index in [2.05, 4.69) is 34.0 Å². The molecule has 4 rings (SSSR count). The van der Waals surface area contributed by atoms with E-state index in [1.807, 2.05) is 6.07 Å². The van der Waals surface area contributed by atoms with Crippen LogP contribution in [0.1, 0.15) is 48.5 Å². The van der Waals surface area contributed by atoms with Crippen LogP contribution in [0.2, 0.25) is 0 Å². The van der Waals surface area contributed by atoms with Gasteiger partial charge in [0.1, 0.15) is 0 Å². The molecule has 4 nitrogen and oxygen atoms in total. The molecule has 21 heavy (non-hydrogen) atoms. The van der Waals surface area contributed by atoms with Crippen molar-refractivity contribution in [2.45, 2.75) is 51.4 Å². The lowest BCUT2D eigenvalue weighted by Gasteiger charge is -2.13. The molecule has 0 radical (unpaired) electrons. The van der Waals surface area contributed by atoms with Gasteiger partial charge in [-0.25, -0.2) is 0 Å². The highest BCUT2D eigenvalue weighted by Crippen LogP contribution is 2.29. The van der Waals surface area contributed by atoms with Gasteiger partial charge in [-0.1, -0.05) is 18.9 Å². The second-order valence-corrected chi connectivity index (χ2v) is 6.40. The molecule has 2 aliphatic rings. The maximum atomic E-state index is 5.87. The summed E-state index contributed by atoms with van der Waals surface area (Å²) in [6.07, 6.45) is 7.43. The van der Waals surface area contributed by atoms with E-state index in [1.54, 1.807) is 0 Å². The average molecular weight is 282 g/mol. The van der Waals surface area contributed by atoms with E-state index in [1.165, 1.54) is 42.5 Å². The van der Waals surface area contributed by atoms with Gasteiger partial charge in [-0.15, -0.1) is 0 Å². The summed E-state index contributed by atoms with van der Waals surface area (Å²) >= 11 is 0. The van der Waals surface area contributed by atoms with Gasteiger partial charge in [0.2, 0.25) is 0 Å². The standard InChI is InChI=1S/C17H22N4/c18-15-6-5-13-10-20(11-14(13)9-15)12-16-7-8-21(19-16)17-3-1-2-4-17/h5-9,17H,1-4,10-12,18H2. The number of rotatable bonds is 3. The summed E-state index contributed by atoms with van der Waals surface area (Å²) in [5.41, 5.74) is 10.7. The molecule has 2 aromatic rings. The quantitative estimate of drug-likeness (QED) is 0.880. The highest BCUT2D eigenvalue weighted by atomic mass is 15.3.